The number of hydrogen-bond donors (Lipinski definition) is 1. The van der Waals surface area contributed by atoms with Crippen molar-refractivity contribution in [1.29, 1.82) is 5.26 Å². The molecule has 0 amide bonds. The number of ether oxygens (including phenoxy) is 1. The monoisotopic (exact) mass is 296 g/mol. The van der Waals surface area contributed by atoms with Gasteiger partial charge in [-0.05, 0) is 12.1 Å². The van der Waals surface area contributed by atoms with Crippen molar-refractivity contribution in [2.45, 2.75) is 0 Å². The second-order valence-corrected chi connectivity index (χ2v) is 5.11. The van der Waals surface area contributed by atoms with Gasteiger partial charge < -0.3 is 9.84 Å². The van der Waals surface area contributed by atoms with Crippen LogP contribution in [0.5, 0.6) is 11.6 Å². The smallest absolute Gasteiger partial charge is 0.346 e. The molecule has 0 spiro atoms. The molecule has 0 saturated heterocycles. The molecule has 102 valence electrons. The summed E-state index contributed by atoms with van der Waals surface area (Å²) in [7, 11) is 0. The first kappa shape index (κ1) is 13.1. The molecule has 0 unspecified atom stereocenters. The Bertz CT molecular complexity index is 880. The molecule has 3 aromatic rings. The predicted molar refractivity (Wildman–Crippen MR) is 77.8 cm³/mol. The maximum absolute atomic E-state index is 10.9. The van der Waals surface area contributed by atoms with E-state index in [0.29, 0.717) is 16.8 Å². The minimum atomic E-state index is -1.01. The fraction of sp³-hybridized carbons (Fsp3) is 0. The topological polar surface area (TPSA) is 83.2 Å². The standard InChI is InChI=1S/C15H8N2O3S/c16-7-10-5-9-3-1-2-4-12(9)17-14(10)20-11-6-13(15(18)19)21-8-11/h1-6,8H,(H,18,19). The normalized spacial score (nSPS) is 10.2. The van der Waals surface area contributed by atoms with Crippen LogP contribution in [-0.4, -0.2) is 16.1 Å². The molecule has 0 atom stereocenters. The maximum Gasteiger partial charge on any atom is 0.346 e. The summed E-state index contributed by atoms with van der Waals surface area (Å²) in [6.45, 7) is 0. The number of carboxylic acid groups (broad SMARTS) is 1. The molecule has 3 rings (SSSR count). The van der Waals surface area contributed by atoms with Gasteiger partial charge in [0.1, 0.15) is 22.3 Å². The predicted octanol–water partition coefficient (Wildman–Crippen LogP) is 3.66. The lowest BCUT2D eigenvalue weighted by molar-refractivity contribution is 0.0702. The van der Waals surface area contributed by atoms with Crippen molar-refractivity contribution in [3.05, 3.63) is 52.2 Å². The van der Waals surface area contributed by atoms with E-state index in [-0.39, 0.29) is 10.8 Å². The second kappa shape index (κ2) is 5.23. The van der Waals surface area contributed by atoms with Gasteiger partial charge in [0.2, 0.25) is 5.88 Å². The third kappa shape index (κ3) is 2.55. The number of hydrogen-bond acceptors (Lipinski definition) is 5. The van der Waals surface area contributed by atoms with Crippen molar-refractivity contribution in [2.24, 2.45) is 0 Å². The van der Waals surface area contributed by atoms with E-state index < -0.39 is 5.97 Å². The van der Waals surface area contributed by atoms with Crippen LogP contribution in [-0.2, 0) is 0 Å². The summed E-state index contributed by atoms with van der Waals surface area (Å²) in [5.41, 5.74) is 1.01. The number of aromatic carboxylic acids is 1. The molecule has 0 bridgehead atoms. The number of nitrogens with zero attached hydrogens (tertiary/aromatic N) is 2. The summed E-state index contributed by atoms with van der Waals surface area (Å²) in [6, 6.07) is 12.5. The summed E-state index contributed by atoms with van der Waals surface area (Å²) in [5, 5.41) is 20.5. The summed E-state index contributed by atoms with van der Waals surface area (Å²) < 4.78 is 5.55. The largest absolute Gasteiger partial charge is 0.477 e. The maximum atomic E-state index is 10.9. The van der Waals surface area contributed by atoms with E-state index in [2.05, 4.69) is 4.98 Å². The molecule has 0 saturated carbocycles. The van der Waals surface area contributed by atoms with Crippen LogP contribution >= 0.6 is 11.3 Å². The van der Waals surface area contributed by atoms with Crippen LogP contribution in [0.25, 0.3) is 10.9 Å². The molecule has 0 aliphatic rings. The van der Waals surface area contributed by atoms with Crippen LogP contribution in [0.2, 0.25) is 0 Å². The average molecular weight is 296 g/mol. The number of benzene rings is 1. The number of carbonyl (C=O) groups is 1. The molecule has 6 heteroatoms. The number of carboxylic acids is 1. The first-order chi connectivity index (χ1) is 10.2. The van der Waals surface area contributed by atoms with Gasteiger partial charge in [-0.2, -0.15) is 5.26 Å². The van der Waals surface area contributed by atoms with Crippen molar-refractivity contribution >= 4 is 28.2 Å². The van der Waals surface area contributed by atoms with Crippen LogP contribution in [0.3, 0.4) is 0 Å². The highest BCUT2D eigenvalue weighted by Crippen LogP contribution is 2.29. The van der Waals surface area contributed by atoms with Crippen molar-refractivity contribution in [1.82, 2.24) is 4.98 Å². The van der Waals surface area contributed by atoms with Gasteiger partial charge in [0.05, 0.1) is 5.52 Å². The van der Waals surface area contributed by atoms with Gasteiger partial charge in [0, 0.05) is 16.8 Å². The van der Waals surface area contributed by atoms with E-state index in [9.17, 15) is 10.1 Å². The lowest BCUT2D eigenvalue weighted by Gasteiger charge is -2.06. The Morgan fingerprint density at radius 3 is 2.86 bits per heavy atom. The van der Waals surface area contributed by atoms with Gasteiger partial charge in [0.15, 0.2) is 0 Å². The molecular formula is C15H8N2O3S. The zero-order valence-electron chi connectivity index (χ0n) is 10.6. The summed E-state index contributed by atoms with van der Waals surface area (Å²) in [6.07, 6.45) is 0. The SMILES string of the molecule is N#Cc1cc2ccccc2nc1Oc1csc(C(=O)O)c1. The van der Waals surface area contributed by atoms with E-state index >= 15 is 0 Å². The number of pyridine rings is 1. The third-order valence-corrected chi connectivity index (χ3v) is 3.71. The molecule has 2 heterocycles. The van der Waals surface area contributed by atoms with Crippen LogP contribution in [0.4, 0.5) is 0 Å². The van der Waals surface area contributed by atoms with Gasteiger partial charge in [-0.3, -0.25) is 0 Å². The highest BCUT2D eigenvalue weighted by molar-refractivity contribution is 7.12. The molecule has 0 aliphatic carbocycles. The molecule has 0 radical (unpaired) electrons. The van der Waals surface area contributed by atoms with Crippen LogP contribution in [0, 0.1) is 11.3 Å². The average Bonchev–Trinajstić information content (AvgIpc) is 2.95. The Morgan fingerprint density at radius 1 is 1.33 bits per heavy atom. The molecule has 2 aromatic heterocycles. The van der Waals surface area contributed by atoms with Crippen LogP contribution < -0.4 is 4.74 Å². The Hall–Kier alpha value is -2.91. The minimum Gasteiger partial charge on any atom is -0.477 e. The minimum absolute atomic E-state index is 0.171. The summed E-state index contributed by atoms with van der Waals surface area (Å²) >= 11 is 1.06. The Morgan fingerprint density at radius 2 is 2.14 bits per heavy atom. The lowest BCUT2D eigenvalue weighted by atomic mass is 10.1. The zero-order valence-corrected chi connectivity index (χ0v) is 11.4. The van der Waals surface area contributed by atoms with Crippen LogP contribution in [0.15, 0.2) is 41.8 Å². The van der Waals surface area contributed by atoms with Gasteiger partial charge in [-0.15, -0.1) is 11.3 Å². The summed E-state index contributed by atoms with van der Waals surface area (Å²) in [4.78, 5) is 15.3. The molecule has 5 nitrogen and oxygen atoms in total. The third-order valence-electron chi connectivity index (χ3n) is 2.81. The molecule has 1 N–H and O–H groups in total. The highest BCUT2D eigenvalue weighted by Gasteiger charge is 2.12. The fourth-order valence-corrected chi connectivity index (χ4v) is 2.50. The van der Waals surface area contributed by atoms with Crippen molar-refractivity contribution in [3.63, 3.8) is 0 Å². The number of thiophene rings is 1. The first-order valence-corrected chi connectivity index (χ1v) is 6.85. The number of rotatable bonds is 3. The second-order valence-electron chi connectivity index (χ2n) is 4.20. The van der Waals surface area contributed by atoms with E-state index in [0.717, 1.165) is 16.7 Å². The lowest BCUT2D eigenvalue weighted by Crippen LogP contribution is -1.93. The first-order valence-electron chi connectivity index (χ1n) is 5.97. The van der Waals surface area contributed by atoms with Crippen molar-refractivity contribution in [2.75, 3.05) is 0 Å². The summed E-state index contributed by atoms with van der Waals surface area (Å²) in [5.74, 6) is -0.482. The Labute approximate surface area is 123 Å². The molecule has 0 aliphatic heterocycles. The fourth-order valence-electron chi connectivity index (χ4n) is 1.85. The van der Waals surface area contributed by atoms with E-state index in [1.165, 1.54) is 6.07 Å². The number of para-hydroxylation sites is 1. The van der Waals surface area contributed by atoms with E-state index in [1.807, 2.05) is 30.3 Å². The molecule has 21 heavy (non-hydrogen) atoms. The van der Waals surface area contributed by atoms with Gasteiger partial charge in [-0.1, -0.05) is 18.2 Å². The quantitative estimate of drug-likeness (QED) is 0.797. The van der Waals surface area contributed by atoms with Gasteiger partial charge in [0.25, 0.3) is 0 Å². The number of fused-ring (bicyclic) bond motifs is 1. The van der Waals surface area contributed by atoms with Gasteiger partial charge in [-0.25, -0.2) is 9.78 Å². The Kier molecular flexibility index (Phi) is 3.26. The molecule has 1 aromatic carbocycles. The van der Waals surface area contributed by atoms with Gasteiger partial charge >= 0.3 is 5.97 Å². The number of aromatic nitrogens is 1. The number of nitriles is 1. The van der Waals surface area contributed by atoms with E-state index in [4.69, 9.17) is 9.84 Å². The highest BCUT2D eigenvalue weighted by atomic mass is 32.1. The van der Waals surface area contributed by atoms with Crippen molar-refractivity contribution < 1.29 is 14.6 Å². The zero-order chi connectivity index (χ0) is 14.8. The van der Waals surface area contributed by atoms with Crippen LogP contribution in [0.1, 0.15) is 15.2 Å². The molecule has 0 fully saturated rings. The van der Waals surface area contributed by atoms with E-state index in [1.54, 1.807) is 11.4 Å². The Balaban J connectivity index is 2.02. The van der Waals surface area contributed by atoms with Crippen molar-refractivity contribution in [3.8, 4) is 17.7 Å². The molecular weight excluding hydrogens is 288 g/mol.